The lowest BCUT2D eigenvalue weighted by Gasteiger charge is -2.13. The minimum absolute atomic E-state index is 0.0544. The Hall–Kier alpha value is -2.11. The van der Waals surface area contributed by atoms with Crippen molar-refractivity contribution in [2.45, 2.75) is 13.0 Å². The molecule has 1 N–H and O–H groups in total. The van der Waals surface area contributed by atoms with Crippen molar-refractivity contribution >= 4 is 11.9 Å². The molecule has 1 aliphatic rings. The maximum atomic E-state index is 10.8. The average molecular weight is 236 g/mol. The molecule has 0 fully saturated rings. The van der Waals surface area contributed by atoms with E-state index in [1.165, 1.54) is 13.2 Å². The molecule has 0 saturated carbocycles. The first kappa shape index (κ1) is 11.4. The summed E-state index contributed by atoms with van der Waals surface area (Å²) in [7, 11) is 1.44. The molecule has 0 aliphatic carbocycles. The maximum absolute atomic E-state index is 10.8. The van der Waals surface area contributed by atoms with Crippen LogP contribution < -0.4 is 4.74 Å². The van der Waals surface area contributed by atoms with Crippen LogP contribution in [-0.4, -0.2) is 35.6 Å². The summed E-state index contributed by atoms with van der Waals surface area (Å²) in [5.74, 6) is -0.214. The fraction of sp³-hybridized carbons (Fsp3) is 0.364. The van der Waals surface area contributed by atoms with Crippen molar-refractivity contribution in [1.29, 1.82) is 0 Å². The van der Waals surface area contributed by atoms with Crippen LogP contribution in [0.5, 0.6) is 5.88 Å². The molecule has 1 aliphatic heterocycles. The van der Waals surface area contributed by atoms with Crippen LogP contribution >= 0.6 is 0 Å². The summed E-state index contributed by atoms with van der Waals surface area (Å²) in [6.07, 6.45) is -0.250. The molecular formula is C11H12N2O4. The highest BCUT2D eigenvalue weighted by Crippen LogP contribution is 2.29. The van der Waals surface area contributed by atoms with Crippen LogP contribution in [0.4, 0.5) is 0 Å². The Morgan fingerprint density at radius 2 is 2.35 bits per heavy atom. The second kappa shape index (κ2) is 4.40. The quantitative estimate of drug-likeness (QED) is 0.854. The first-order valence-corrected chi connectivity index (χ1v) is 5.07. The molecule has 1 aromatic rings. The highest BCUT2D eigenvalue weighted by molar-refractivity contribution is 5.85. The van der Waals surface area contributed by atoms with E-state index >= 15 is 0 Å². The molecule has 0 aromatic carbocycles. The van der Waals surface area contributed by atoms with Crippen molar-refractivity contribution in [2.24, 2.45) is 4.99 Å². The van der Waals surface area contributed by atoms with Gasteiger partial charge in [0.1, 0.15) is 6.10 Å². The van der Waals surface area contributed by atoms with Gasteiger partial charge in [0.25, 0.3) is 0 Å². The van der Waals surface area contributed by atoms with Gasteiger partial charge < -0.3 is 14.6 Å². The SMILES string of the molecule is COc1nc(C(=O)O)ccc1C1CN=C(C)O1. The van der Waals surface area contributed by atoms with Crippen molar-refractivity contribution in [2.75, 3.05) is 13.7 Å². The Morgan fingerprint density at radius 3 is 2.88 bits per heavy atom. The van der Waals surface area contributed by atoms with Crippen LogP contribution in [0.25, 0.3) is 0 Å². The summed E-state index contributed by atoms with van der Waals surface area (Å²) >= 11 is 0. The first-order chi connectivity index (χ1) is 8.11. The minimum atomic E-state index is -1.09. The van der Waals surface area contributed by atoms with E-state index < -0.39 is 5.97 Å². The molecule has 17 heavy (non-hydrogen) atoms. The number of aromatic carboxylic acids is 1. The molecule has 2 heterocycles. The van der Waals surface area contributed by atoms with E-state index in [2.05, 4.69) is 9.98 Å². The molecule has 6 nitrogen and oxygen atoms in total. The van der Waals surface area contributed by atoms with Gasteiger partial charge >= 0.3 is 5.97 Å². The maximum Gasteiger partial charge on any atom is 0.354 e. The fourth-order valence-electron chi connectivity index (χ4n) is 1.63. The van der Waals surface area contributed by atoms with E-state index in [1.807, 2.05) is 0 Å². The third kappa shape index (κ3) is 2.20. The number of carboxylic acid groups (broad SMARTS) is 1. The molecule has 1 aromatic heterocycles. The van der Waals surface area contributed by atoms with Crippen molar-refractivity contribution in [1.82, 2.24) is 4.98 Å². The lowest BCUT2D eigenvalue weighted by Crippen LogP contribution is -2.09. The van der Waals surface area contributed by atoms with E-state index in [4.69, 9.17) is 14.6 Å². The average Bonchev–Trinajstić information content (AvgIpc) is 2.74. The zero-order valence-electron chi connectivity index (χ0n) is 9.51. The number of aromatic nitrogens is 1. The third-order valence-electron chi connectivity index (χ3n) is 2.44. The predicted molar refractivity (Wildman–Crippen MR) is 59.6 cm³/mol. The summed E-state index contributed by atoms with van der Waals surface area (Å²) < 4.78 is 10.6. The molecule has 0 amide bonds. The molecule has 1 atom stereocenters. The van der Waals surface area contributed by atoms with Crippen LogP contribution in [0.2, 0.25) is 0 Å². The molecule has 0 saturated heterocycles. The van der Waals surface area contributed by atoms with Crippen molar-refractivity contribution in [3.05, 3.63) is 23.4 Å². The van der Waals surface area contributed by atoms with E-state index in [1.54, 1.807) is 13.0 Å². The van der Waals surface area contributed by atoms with Gasteiger partial charge in [0.2, 0.25) is 5.88 Å². The number of methoxy groups -OCH3 is 1. The largest absolute Gasteiger partial charge is 0.481 e. The first-order valence-electron chi connectivity index (χ1n) is 5.07. The van der Waals surface area contributed by atoms with Gasteiger partial charge in [-0.2, -0.15) is 0 Å². The van der Waals surface area contributed by atoms with Gasteiger partial charge in [-0.3, -0.25) is 4.99 Å². The number of ether oxygens (including phenoxy) is 2. The monoisotopic (exact) mass is 236 g/mol. The van der Waals surface area contributed by atoms with Crippen LogP contribution in [0.15, 0.2) is 17.1 Å². The minimum Gasteiger partial charge on any atom is -0.481 e. The fourth-order valence-corrected chi connectivity index (χ4v) is 1.63. The van der Waals surface area contributed by atoms with Gasteiger partial charge in [0.05, 0.1) is 19.2 Å². The number of carbonyl (C=O) groups is 1. The van der Waals surface area contributed by atoms with Gasteiger partial charge in [0.15, 0.2) is 11.6 Å². The topological polar surface area (TPSA) is 81.0 Å². The predicted octanol–water partition coefficient (Wildman–Crippen LogP) is 1.28. The molecule has 90 valence electrons. The molecule has 6 heteroatoms. The normalized spacial score (nSPS) is 18.5. The Kier molecular flexibility index (Phi) is 2.95. The second-order valence-electron chi connectivity index (χ2n) is 3.57. The second-order valence-corrected chi connectivity index (χ2v) is 3.57. The van der Waals surface area contributed by atoms with Gasteiger partial charge in [0, 0.05) is 6.92 Å². The summed E-state index contributed by atoms with van der Waals surface area (Å²) in [5.41, 5.74) is 0.652. The number of hydrogen-bond acceptors (Lipinski definition) is 5. The lowest BCUT2D eigenvalue weighted by atomic mass is 10.1. The zero-order chi connectivity index (χ0) is 12.4. The Bertz CT molecular complexity index is 484. The van der Waals surface area contributed by atoms with Crippen LogP contribution in [0, 0.1) is 0 Å². The van der Waals surface area contributed by atoms with Crippen LogP contribution in [0.1, 0.15) is 29.1 Å². The van der Waals surface area contributed by atoms with Gasteiger partial charge in [-0.15, -0.1) is 0 Å². The van der Waals surface area contributed by atoms with E-state index in [-0.39, 0.29) is 17.7 Å². The highest BCUT2D eigenvalue weighted by Gasteiger charge is 2.24. The Morgan fingerprint density at radius 1 is 1.59 bits per heavy atom. The molecule has 0 bridgehead atoms. The summed E-state index contributed by atoms with van der Waals surface area (Å²) in [4.78, 5) is 18.8. The molecule has 0 spiro atoms. The molecular weight excluding hydrogens is 224 g/mol. The van der Waals surface area contributed by atoms with Crippen molar-refractivity contribution < 1.29 is 19.4 Å². The van der Waals surface area contributed by atoms with Crippen molar-refractivity contribution in [3.63, 3.8) is 0 Å². The van der Waals surface area contributed by atoms with Crippen molar-refractivity contribution in [3.8, 4) is 5.88 Å². The summed E-state index contributed by atoms with van der Waals surface area (Å²) in [5, 5.41) is 8.83. The lowest BCUT2D eigenvalue weighted by molar-refractivity contribution is 0.0689. The number of hydrogen-bond donors (Lipinski definition) is 1. The smallest absolute Gasteiger partial charge is 0.354 e. The third-order valence-corrected chi connectivity index (χ3v) is 2.44. The number of rotatable bonds is 3. The van der Waals surface area contributed by atoms with E-state index in [0.29, 0.717) is 18.0 Å². The number of nitrogens with zero attached hydrogens (tertiary/aromatic N) is 2. The number of pyridine rings is 1. The Balaban J connectivity index is 2.32. The van der Waals surface area contributed by atoms with Crippen LogP contribution in [0.3, 0.4) is 0 Å². The van der Waals surface area contributed by atoms with Gasteiger partial charge in [-0.25, -0.2) is 9.78 Å². The van der Waals surface area contributed by atoms with Crippen LogP contribution in [-0.2, 0) is 4.74 Å². The highest BCUT2D eigenvalue weighted by atomic mass is 16.5. The molecule has 2 rings (SSSR count). The number of carboxylic acids is 1. The summed E-state index contributed by atoms with van der Waals surface area (Å²) in [6.45, 7) is 2.27. The standard InChI is InChI=1S/C11H12N2O4/c1-6-12-5-9(17-6)7-3-4-8(11(14)15)13-10(7)16-2/h3-4,9H,5H2,1-2H3,(H,14,15). The van der Waals surface area contributed by atoms with E-state index in [9.17, 15) is 4.79 Å². The molecule has 1 unspecified atom stereocenters. The molecule has 0 radical (unpaired) electrons. The number of aliphatic imine (C=N–C) groups is 1. The Labute approximate surface area is 97.9 Å². The van der Waals surface area contributed by atoms with E-state index in [0.717, 1.165) is 0 Å². The van der Waals surface area contributed by atoms with Gasteiger partial charge in [-0.1, -0.05) is 0 Å². The zero-order valence-corrected chi connectivity index (χ0v) is 9.51. The van der Waals surface area contributed by atoms with Gasteiger partial charge in [-0.05, 0) is 12.1 Å². The summed E-state index contributed by atoms with van der Waals surface area (Å²) in [6, 6.07) is 3.07.